The number of amides is 1. The largest absolute Gasteiger partial charge is 0.493 e. The Balaban J connectivity index is 1.73. The lowest BCUT2D eigenvalue weighted by atomic mass is 9.72. The fourth-order valence-electron chi connectivity index (χ4n) is 3.92. The van der Waals surface area contributed by atoms with Gasteiger partial charge in [0.1, 0.15) is 0 Å². The lowest BCUT2D eigenvalue weighted by molar-refractivity contribution is 0.0938. The van der Waals surface area contributed by atoms with Crippen LogP contribution in [0.25, 0.3) is 0 Å². The van der Waals surface area contributed by atoms with Gasteiger partial charge < -0.3 is 14.8 Å². The molecule has 1 heterocycles. The smallest absolute Gasteiger partial charge is 0.252 e. The standard InChI is InChI=1S/C23H31NO3S/c1-14(15-7-10-19(26-5)20(11-15)27-6)24-22(25)18-13-28-21-12-16(23(2,3)4)8-9-17(18)21/h7,10-11,13-14,16H,8-9,12H2,1-6H3,(H,24,25)/t14-,16+/m1/s1. The van der Waals surface area contributed by atoms with Crippen molar-refractivity contribution in [3.63, 3.8) is 0 Å². The number of fused-ring (bicyclic) bond motifs is 1. The van der Waals surface area contributed by atoms with Gasteiger partial charge in [0.2, 0.25) is 0 Å². The van der Waals surface area contributed by atoms with Gasteiger partial charge in [0.15, 0.2) is 11.5 Å². The highest BCUT2D eigenvalue weighted by Gasteiger charge is 2.31. The third kappa shape index (κ3) is 4.19. The first kappa shape index (κ1) is 20.7. The molecule has 1 aromatic heterocycles. The second-order valence-electron chi connectivity index (χ2n) is 8.67. The Kier molecular flexibility index (Phi) is 6.04. The van der Waals surface area contributed by atoms with Gasteiger partial charge in [-0.3, -0.25) is 4.79 Å². The molecular weight excluding hydrogens is 370 g/mol. The predicted molar refractivity (Wildman–Crippen MR) is 115 cm³/mol. The van der Waals surface area contributed by atoms with E-state index in [0.717, 1.165) is 30.4 Å². The number of hydrogen-bond acceptors (Lipinski definition) is 4. The molecule has 1 amide bonds. The molecule has 2 aromatic rings. The second-order valence-corrected chi connectivity index (χ2v) is 9.63. The van der Waals surface area contributed by atoms with Gasteiger partial charge >= 0.3 is 0 Å². The summed E-state index contributed by atoms with van der Waals surface area (Å²) in [5.41, 5.74) is 3.40. The summed E-state index contributed by atoms with van der Waals surface area (Å²) < 4.78 is 10.7. The molecule has 1 aliphatic carbocycles. The van der Waals surface area contributed by atoms with E-state index in [1.54, 1.807) is 25.6 Å². The lowest BCUT2D eigenvalue weighted by Gasteiger charge is -2.34. The maximum Gasteiger partial charge on any atom is 0.252 e. The molecule has 0 fully saturated rings. The highest BCUT2D eigenvalue weighted by atomic mass is 32.1. The molecule has 28 heavy (non-hydrogen) atoms. The number of carbonyl (C=O) groups is 1. The van der Waals surface area contributed by atoms with Crippen LogP contribution in [0.2, 0.25) is 0 Å². The first-order chi connectivity index (χ1) is 13.2. The Morgan fingerprint density at radius 1 is 1.21 bits per heavy atom. The van der Waals surface area contributed by atoms with E-state index >= 15 is 0 Å². The number of carbonyl (C=O) groups excluding carboxylic acids is 1. The molecule has 0 saturated heterocycles. The Morgan fingerprint density at radius 3 is 2.57 bits per heavy atom. The van der Waals surface area contributed by atoms with E-state index in [1.165, 1.54) is 10.4 Å². The number of methoxy groups -OCH3 is 2. The molecule has 1 aromatic carbocycles. The molecule has 0 saturated carbocycles. The number of thiophene rings is 1. The summed E-state index contributed by atoms with van der Waals surface area (Å²) in [4.78, 5) is 14.3. The van der Waals surface area contributed by atoms with Crippen molar-refractivity contribution in [3.05, 3.63) is 45.1 Å². The van der Waals surface area contributed by atoms with Crippen molar-refractivity contribution < 1.29 is 14.3 Å². The van der Waals surface area contributed by atoms with Crippen molar-refractivity contribution in [2.45, 2.75) is 53.0 Å². The predicted octanol–water partition coefficient (Wildman–Crippen LogP) is 5.41. The molecule has 5 heteroatoms. The summed E-state index contributed by atoms with van der Waals surface area (Å²) in [6.07, 6.45) is 3.23. The average Bonchev–Trinajstić information content (AvgIpc) is 3.10. The zero-order chi connectivity index (χ0) is 20.5. The van der Waals surface area contributed by atoms with Crippen molar-refractivity contribution >= 4 is 17.2 Å². The van der Waals surface area contributed by atoms with Crippen LogP contribution >= 0.6 is 11.3 Å². The molecule has 0 unspecified atom stereocenters. The van der Waals surface area contributed by atoms with Gasteiger partial charge in [-0.25, -0.2) is 0 Å². The third-order valence-electron chi connectivity index (χ3n) is 5.88. The highest BCUT2D eigenvalue weighted by molar-refractivity contribution is 7.10. The van der Waals surface area contributed by atoms with Crippen LogP contribution in [0, 0.1) is 11.3 Å². The van der Waals surface area contributed by atoms with E-state index in [9.17, 15) is 4.79 Å². The van der Waals surface area contributed by atoms with Crippen LogP contribution in [0.1, 0.15) is 66.5 Å². The van der Waals surface area contributed by atoms with Crippen LogP contribution in [0.15, 0.2) is 23.6 Å². The molecule has 0 aliphatic heterocycles. The molecule has 4 nitrogen and oxygen atoms in total. The third-order valence-corrected chi connectivity index (χ3v) is 6.93. The summed E-state index contributed by atoms with van der Waals surface area (Å²) in [5.74, 6) is 2.04. The first-order valence-corrected chi connectivity index (χ1v) is 10.7. The molecule has 152 valence electrons. The second kappa shape index (κ2) is 8.16. The van der Waals surface area contributed by atoms with Crippen molar-refractivity contribution in [1.29, 1.82) is 0 Å². The van der Waals surface area contributed by atoms with E-state index in [2.05, 4.69) is 26.1 Å². The number of benzene rings is 1. The monoisotopic (exact) mass is 401 g/mol. The molecule has 0 radical (unpaired) electrons. The topological polar surface area (TPSA) is 47.6 Å². The summed E-state index contributed by atoms with van der Waals surface area (Å²) in [6, 6.07) is 5.63. The Labute approximate surface area is 172 Å². The van der Waals surface area contributed by atoms with Gasteiger partial charge in [-0.2, -0.15) is 0 Å². The number of ether oxygens (including phenoxy) is 2. The van der Waals surface area contributed by atoms with Gasteiger partial charge in [0, 0.05) is 10.3 Å². The van der Waals surface area contributed by atoms with Gasteiger partial charge in [0.05, 0.1) is 25.8 Å². The minimum absolute atomic E-state index is 0.00833. The van der Waals surface area contributed by atoms with Gasteiger partial charge in [-0.05, 0) is 60.8 Å². The van der Waals surface area contributed by atoms with Gasteiger partial charge in [-0.1, -0.05) is 26.8 Å². The fourth-order valence-corrected chi connectivity index (χ4v) is 5.08. The molecule has 1 N–H and O–H groups in total. The van der Waals surface area contributed by atoms with Crippen molar-refractivity contribution in [1.82, 2.24) is 5.32 Å². The zero-order valence-corrected chi connectivity index (χ0v) is 18.5. The summed E-state index contributed by atoms with van der Waals surface area (Å²) in [6.45, 7) is 8.94. The Hall–Kier alpha value is -2.01. The minimum atomic E-state index is -0.117. The van der Waals surface area contributed by atoms with Crippen molar-refractivity contribution in [2.24, 2.45) is 11.3 Å². The van der Waals surface area contributed by atoms with Crippen LogP contribution in [0.3, 0.4) is 0 Å². The summed E-state index contributed by atoms with van der Waals surface area (Å²) in [5, 5.41) is 5.18. The number of rotatable bonds is 5. The zero-order valence-electron chi connectivity index (χ0n) is 17.7. The Morgan fingerprint density at radius 2 is 1.93 bits per heavy atom. The maximum absolute atomic E-state index is 13.0. The number of nitrogens with one attached hydrogen (secondary N) is 1. The molecule has 1 aliphatic rings. The fraction of sp³-hybridized carbons (Fsp3) is 0.522. The van der Waals surface area contributed by atoms with E-state index < -0.39 is 0 Å². The van der Waals surface area contributed by atoms with Gasteiger partial charge in [-0.15, -0.1) is 11.3 Å². The molecule has 0 bridgehead atoms. The van der Waals surface area contributed by atoms with Crippen LogP contribution in [-0.4, -0.2) is 20.1 Å². The van der Waals surface area contributed by atoms with Gasteiger partial charge in [0.25, 0.3) is 5.91 Å². The van der Waals surface area contributed by atoms with Crippen molar-refractivity contribution in [3.8, 4) is 11.5 Å². The van der Waals surface area contributed by atoms with Crippen LogP contribution in [0.5, 0.6) is 11.5 Å². The molecule has 3 rings (SSSR count). The maximum atomic E-state index is 13.0. The highest BCUT2D eigenvalue weighted by Crippen LogP contribution is 2.40. The van der Waals surface area contributed by atoms with Crippen LogP contribution in [0.4, 0.5) is 0 Å². The van der Waals surface area contributed by atoms with Crippen LogP contribution in [-0.2, 0) is 12.8 Å². The quantitative estimate of drug-likeness (QED) is 0.729. The lowest BCUT2D eigenvalue weighted by Crippen LogP contribution is -2.29. The number of hydrogen-bond donors (Lipinski definition) is 1. The summed E-state index contributed by atoms with van der Waals surface area (Å²) in [7, 11) is 3.24. The van der Waals surface area contributed by atoms with E-state index in [1.807, 2.05) is 30.5 Å². The molecule has 2 atom stereocenters. The molecular formula is C23H31NO3S. The SMILES string of the molecule is COc1ccc([C@@H](C)NC(=O)c2csc3c2CC[C@H](C(C)(C)C)C3)cc1OC. The van der Waals surface area contributed by atoms with Crippen molar-refractivity contribution in [2.75, 3.05) is 14.2 Å². The van der Waals surface area contributed by atoms with E-state index in [4.69, 9.17) is 9.47 Å². The van der Waals surface area contributed by atoms with Crippen LogP contribution < -0.4 is 14.8 Å². The summed E-state index contributed by atoms with van der Waals surface area (Å²) >= 11 is 1.74. The van der Waals surface area contributed by atoms with E-state index in [0.29, 0.717) is 22.8 Å². The minimum Gasteiger partial charge on any atom is -0.493 e. The Bertz CT molecular complexity index is 850. The normalized spacial score (nSPS) is 17.6. The molecule has 0 spiro atoms. The first-order valence-electron chi connectivity index (χ1n) is 9.86. The van der Waals surface area contributed by atoms with E-state index in [-0.39, 0.29) is 11.9 Å². The average molecular weight is 402 g/mol.